The van der Waals surface area contributed by atoms with Crippen molar-refractivity contribution in [2.45, 2.75) is 25.5 Å². The molecule has 1 aliphatic heterocycles. The van der Waals surface area contributed by atoms with E-state index in [1.807, 2.05) is 67.6 Å². The lowest BCUT2D eigenvalue weighted by Gasteiger charge is -2.34. The molecule has 2 amide bonds. The summed E-state index contributed by atoms with van der Waals surface area (Å²) in [7, 11) is 0. The van der Waals surface area contributed by atoms with Gasteiger partial charge in [0.25, 0.3) is 5.91 Å². The first kappa shape index (κ1) is 22.6. The van der Waals surface area contributed by atoms with Gasteiger partial charge in [0.1, 0.15) is 6.04 Å². The largest absolute Gasteiger partial charge is 0.375 e. The highest BCUT2D eigenvalue weighted by Gasteiger charge is 2.25. The van der Waals surface area contributed by atoms with Crippen LogP contribution < -0.4 is 15.5 Å². The van der Waals surface area contributed by atoms with E-state index in [1.165, 1.54) is 0 Å². The minimum Gasteiger partial charge on any atom is -0.375 e. The predicted molar refractivity (Wildman–Crippen MR) is 131 cm³/mol. The zero-order valence-corrected chi connectivity index (χ0v) is 18.7. The lowest BCUT2D eigenvalue weighted by atomic mass is 10.0. The van der Waals surface area contributed by atoms with Gasteiger partial charge in [0, 0.05) is 25.1 Å². The molecule has 3 aromatic rings. The molecule has 2 N–H and O–H groups in total. The van der Waals surface area contributed by atoms with E-state index in [-0.39, 0.29) is 17.9 Å². The highest BCUT2D eigenvalue weighted by Crippen LogP contribution is 2.27. The van der Waals surface area contributed by atoms with Crippen molar-refractivity contribution in [1.82, 2.24) is 5.32 Å². The van der Waals surface area contributed by atoms with Crippen LogP contribution in [0.2, 0.25) is 0 Å². The van der Waals surface area contributed by atoms with Crippen molar-refractivity contribution in [3.05, 3.63) is 96.1 Å². The highest BCUT2D eigenvalue weighted by molar-refractivity contribution is 6.02. The minimum atomic E-state index is -0.725. The van der Waals surface area contributed by atoms with Crippen LogP contribution in [0, 0.1) is 0 Å². The Balaban J connectivity index is 1.54. The lowest BCUT2D eigenvalue weighted by molar-refractivity contribution is -0.118. The molecule has 1 saturated heterocycles. The molecule has 2 unspecified atom stereocenters. The van der Waals surface area contributed by atoms with Crippen LogP contribution in [0.3, 0.4) is 0 Å². The van der Waals surface area contributed by atoms with Crippen molar-refractivity contribution in [2.24, 2.45) is 0 Å². The molecule has 6 nitrogen and oxygen atoms in total. The van der Waals surface area contributed by atoms with E-state index in [1.54, 1.807) is 24.3 Å². The summed E-state index contributed by atoms with van der Waals surface area (Å²) in [4.78, 5) is 28.5. The maximum absolute atomic E-state index is 13.4. The number of hydrogen-bond donors (Lipinski definition) is 2. The van der Waals surface area contributed by atoms with Gasteiger partial charge in [-0.2, -0.15) is 0 Å². The van der Waals surface area contributed by atoms with Gasteiger partial charge in [-0.25, -0.2) is 0 Å². The number of hydrogen-bond acceptors (Lipinski definition) is 4. The van der Waals surface area contributed by atoms with Crippen molar-refractivity contribution < 1.29 is 14.3 Å². The van der Waals surface area contributed by atoms with Crippen molar-refractivity contribution in [3.63, 3.8) is 0 Å². The van der Waals surface area contributed by atoms with Crippen LogP contribution in [0.25, 0.3) is 0 Å². The van der Waals surface area contributed by atoms with Gasteiger partial charge in [-0.1, -0.05) is 60.7 Å². The molecule has 1 aliphatic rings. The van der Waals surface area contributed by atoms with E-state index < -0.39 is 6.04 Å². The molecule has 0 aliphatic carbocycles. The van der Waals surface area contributed by atoms with E-state index in [4.69, 9.17) is 4.74 Å². The first-order chi connectivity index (χ1) is 16.1. The maximum Gasteiger partial charge on any atom is 0.251 e. The summed E-state index contributed by atoms with van der Waals surface area (Å²) in [6, 6.07) is 25.7. The smallest absolute Gasteiger partial charge is 0.251 e. The van der Waals surface area contributed by atoms with Crippen molar-refractivity contribution >= 4 is 23.2 Å². The topological polar surface area (TPSA) is 70.7 Å². The Hall–Kier alpha value is -3.64. The fraction of sp³-hybridized carbons (Fsp3) is 0.259. The summed E-state index contributed by atoms with van der Waals surface area (Å²) in [5.74, 6) is -0.529. The van der Waals surface area contributed by atoms with Crippen molar-refractivity contribution in [2.75, 3.05) is 29.9 Å². The number of para-hydroxylation sites is 2. The first-order valence-electron chi connectivity index (χ1n) is 11.3. The number of amides is 2. The number of morpholine rings is 1. The number of benzene rings is 3. The van der Waals surface area contributed by atoms with Gasteiger partial charge in [-0.3, -0.25) is 9.59 Å². The van der Waals surface area contributed by atoms with E-state index in [9.17, 15) is 9.59 Å². The van der Waals surface area contributed by atoms with Gasteiger partial charge in [-0.15, -0.1) is 0 Å². The number of carbonyl (C=O) groups is 2. The van der Waals surface area contributed by atoms with Gasteiger partial charge < -0.3 is 20.3 Å². The molecule has 0 bridgehead atoms. The monoisotopic (exact) mass is 443 g/mol. The van der Waals surface area contributed by atoms with Crippen molar-refractivity contribution in [3.8, 4) is 0 Å². The molecular formula is C27H29N3O3. The van der Waals surface area contributed by atoms with Crippen LogP contribution >= 0.6 is 0 Å². The molecule has 6 heteroatoms. The summed E-state index contributed by atoms with van der Waals surface area (Å²) >= 11 is 0. The lowest BCUT2D eigenvalue weighted by Crippen LogP contribution is -2.46. The summed E-state index contributed by atoms with van der Waals surface area (Å²) in [5, 5.41) is 5.99. The third-order valence-corrected chi connectivity index (χ3v) is 5.68. The van der Waals surface area contributed by atoms with Crippen LogP contribution in [0.15, 0.2) is 84.9 Å². The molecule has 4 rings (SSSR count). The zero-order valence-electron chi connectivity index (χ0n) is 18.7. The number of anilines is 2. The van der Waals surface area contributed by atoms with Crippen LogP contribution in [-0.4, -0.2) is 43.7 Å². The average molecular weight is 444 g/mol. The second-order valence-corrected chi connectivity index (χ2v) is 8.22. The van der Waals surface area contributed by atoms with Crippen LogP contribution in [0.1, 0.15) is 22.8 Å². The Bertz CT molecular complexity index is 1070. The van der Waals surface area contributed by atoms with Gasteiger partial charge >= 0.3 is 0 Å². The van der Waals surface area contributed by atoms with Gasteiger partial charge in [-0.05, 0) is 36.8 Å². The first-order valence-corrected chi connectivity index (χ1v) is 11.3. The summed E-state index contributed by atoms with van der Waals surface area (Å²) in [5.41, 5.74) is 3.17. The average Bonchev–Trinajstić information content (AvgIpc) is 2.85. The molecule has 0 radical (unpaired) electrons. The SMILES string of the molecule is CC1CN(c2ccccc2NC(=O)C(Cc2ccccc2)NC(=O)c2ccccc2)CCO1. The normalized spacial score (nSPS) is 16.6. The second-order valence-electron chi connectivity index (χ2n) is 8.22. The standard InChI is InChI=1S/C27H29N3O3/c1-20-19-30(16-17-33-20)25-15-9-8-14-23(25)28-27(32)24(18-21-10-4-2-5-11-21)29-26(31)22-12-6-3-7-13-22/h2-15,20,24H,16-19H2,1H3,(H,28,32)(H,29,31). The fourth-order valence-corrected chi connectivity index (χ4v) is 4.00. The van der Waals surface area contributed by atoms with E-state index in [2.05, 4.69) is 15.5 Å². The van der Waals surface area contributed by atoms with Crippen LogP contribution in [0.5, 0.6) is 0 Å². The third-order valence-electron chi connectivity index (χ3n) is 5.68. The van der Waals surface area contributed by atoms with Crippen molar-refractivity contribution in [1.29, 1.82) is 0 Å². The quantitative estimate of drug-likeness (QED) is 0.581. The van der Waals surface area contributed by atoms with Gasteiger partial charge in [0.2, 0.25) is 5.91 Å². The van der Waals surface area contributed by atoms with Crippen LogP contribution in [0.4, 0.5) is 11.4 Å². The molecular weight excluding hydrogens is 414 g/mol. The Morgan fingerprint density at radius 2 is 1.64 bits per heavy atom. The Labute approximate surface area is 194 Å². The molecule has 0 aromatic heterocycles. The van der Waals surface area contributed by atoms with E-state index >= 15 is 0 Å². The Morgan fingerprint density at radius 3 is 2.36 bits per heavy atom. The predicted octanol–water partition coefficient (Wildman–Crippen LogP) is 3.89. The van der Waals surface area contributed by atoms with Gasteiger partial charge in [0.05, 0.1) is 24.1 Å². The molecule has 170 valence electrons. The fourth-order valence-electron chi connectivity index (χ4n) is 4.00. The molecule has 2 atom stereocenters. The zero-order chi connectivity index (χ0) is 23.0. The number of carbonyl (C=O) groups excluding carboxylic acids is 2. The molecule has 0 spiro atoms. The Morgan fingerprint density at radius 1 is 0.970 bits per heavy atom. The summed E-state index contributed by atoms with van der Waals surface area (Å²) in [6.45, 7) is 4.20. The van der Waals surface area contributed by atoms with Crippen LogP contribution in [-0.2, 0) is 16.0 Å². The Kier molecular flexibility index (Phi) is 7.37. The second kappa shape index (κ2) is 10.8. The number of nitrogens with one attached hydrogen (secondary N) is 2. The highest BCUT2D eigenvalue weighted by atomic mass is 16.5. The summed E-state index contributed by atoms with van der Waals surface area (Å²) in [6.07, 6.45) is 0.514. The van der Waals surface area contributed by atoms with Gasteiger partial charge in [0.15, 0.2) is 0 Å². The number of ether oxygens (including phenoxy) is 1. The number of nitrogens with zero attached hydrogens (tertiary/aromatic N) is 1. The number of rotatable bonds is 7. The summed E-state index contributed by atoms with van der Waals surface area (Å²) < 4.78 is 5.66. The van der Waals surface area contributed by atoms with E-state index in [0.29, 0.717) is 18.6 Å². The molecule has 1 heterocycles. The van der Waals surface area contributed by atoms with E-state index in [0.717, 1.165) is 30.0 Å². The molecule has 33 heavy (non-hydrogen) atoms. The minimum absolute atomic E-state index is 0.124. The molecule has 0 saturated carbocycles. The maximum atomic E-state index is 13.4. The molecule has 3 aromatic carbocycles. The third kappa shape index (κ3) is 5.99. The molecule has 1 fully saturated rings.